The van der Waals surface area contributed by atoms with Gasteiger partial charge >= 0.3 is 0 Å². The molecule has 4 rings (SSSR count). The van der Waals surface area contributed by atoms with E-state index in [1.807, 2.05) is 54.4 Å². The van der Waals surface area contributed by atoms with Crippen molar-refractivity contribution in [2.45, 2.75) is 30.9 Å². The van der Waals surface area contributed by atoms with Crippen LogP contribution in [0.1, 0.15) is 35.9 Å². The van der Waals surface area contributed by atoms with Gasteiger partial charge in [-0.25, -0.2) is 0 Å². The van der Waals surface area contributed by atoms with Gasteiger partial charge in [-0.2, -0.15) is 0 Å². The second-order valence-corrected chi connectivity index (χ2v) is 7.81. The average Bonchev–Trinajstić information content (AvgIpc) is 3.16. The van der Waals surface area contributed by atoms with Crippen LogP contribution in [0.15, 0.2) is 54.6 Å². The minimum Gasteiger partial charge on any atom is -0.493 e. The lowest BCUT2D eigenvalue weighted by Crippen LogP contribution is -2.41. The maximum atomic E-state index is 13.5. The van der Waals surface area contributed by atoms with Gasteiger partial charge in [0.15, 0.2) is 0 Å². The number of para-hydroxylation sites is 1. The van der Waals surface area contributed by atoms with Crippen molar-refractivity contribution in [3.63, 3.8) is 0 Å². The van der Waals surface area contributed by atoms with Crippen molar-refractivity contribution in [2.24, 2.45) is 0 Å². The van der Waals surface area contributed by atoms with Crippen molar-refractivity contribution in [2.75, 3.05) is 33.3 Å². The van der Waals surface area contributed by atoms with Gasteiger partial charge in [-0.15, -0.1) is 0 Å². The lowest BCUT2D eigenvalue weighted by molar-refractivity contribution is -0.134. The van der Waals surface area contributed by atoms with Crippen molar-refractivity contribution in [1.29, 1.82) is 0 Å². The molecule has 0 saturated carbocycles. The summed E-state index contributed by atoms with van der Waals surface area (Å²) in [5.41, 5.74) is 2.11. The molecule has 148 valence electrons. The Balaban J connectivity index is 1.58. The van der Waals surface area contributed by atoms with Crippen molar-refractivity contribution < 1.29 is 14.6 Å². The van der Waals surface area contributed by atoms with Crippen LogP contribution in [0.5, 0.6) is 5.75 Å². The normalized spacial score (nSPS) is 22.9. The molecular formula is C23H28N2O3. The molecule has 1 N–H and O–H groups in total. The number of ether oxygens (including phenoxy) is 1. The first kappa shape index (κ1) is 19.0. The molecule has 3 unspecified atom stereocenters. The van der Waals surface area contributed by atoms with E-state index in [4.69, 9.17) is 4.74 Å². The van der Waals surface area contributed by atoms with Gasteiger partial charge in [-0.3, -0.25) is 9.69 Å². The van der Waals surface area contributed by atoms with Gasteiger partial charge in [0, 0.05) is 32.2 Å². The first-order valence-electron chi connectivity index (χ1n) is 10.1. The van der Waals surface area contributed by atoms with E-state index >= 15 is 0 Å². The van der Waals surface area contributed by atoms with Crippen LogP contribution in [0, 0.1) is 0 Å². The Labute approximate surface area is 166 Å². The lowest BCUT2D eigenvalue weighted by Gasteiger charge is -2.35. The standard InChI is InChI=1S/C23H28N2O3/c1-24(23(27)20-12-14-28-22-10-6-5-9-19(20)22)21(17-7-3-2-4-8-17)16-25-13-11-18(26)15-25/h2-10,18,20-21,26H,11-16H2,1H3. The number of hydrogen-bond acceptors (Lipinski definition) is 4. The van der Waals surface area contributed by atoms with E-state index in [0.717, 1.165) is 36.4 Å². The van der Waals surface area contributed by atoms with Gasteiger partial charge in [0.25, 0.3) is 0 Å². The summed E-state index contributed by atoms with van der Waals surface area (Å²) in [5.74, 6) is 0.772. The summed E-state index contributed by atoms with van der Waals surface area (Å²) >= 11 is 0. The van der Waals surface area contributed by atoms with E-state index in [1.54, 1.807) is 0 Å². The number of amides is 1. The largest absolute Gasteiger partial charge is 0.493 e. The lowest BCUT2D eigenvalue weighted by atomic mass is 9.91. The molecule has 5 nitrogen and oxygen atoms in total. The molecule has 0 aromatic heterocycles. The fraction of sp³-hybridized carbons (Fsp3) is 0.435. The molecule has 2 aliphatic rings. The van der Waals surface area contributed by atoms with Crippen LogP contribution < -0.4 is 4.74 Å². The molecule has 2 heterocycles. The number of aliphatic hydroxyl groups excluding tert-OH is 1. The number of likely N-dealkylation sites (tertiary alicyclic amines) is 1. The number of carbonyl (C=O) groups is 1. The number of hydrogen-bond donors (Lipinski definition) is 1. The number of nitrogens with zero attached hydrogens (tertiary/aromatic N) is 2. The van der Waals surface area contributed by atoms with Crippen LogP contribution in [-0.2, 0) is 4.79 Å². The zero-order chi connectivity index (χ0) is 19.5. The minimum atomic E-state index is -0.264. The van der Waals surface area contributed by atoms with E-state index in [2.05, 4.69) is 17.0 Å². The molecule has 2 aromatic carbocycles. The highest BCUT2D eigenvalue weighted by molar-refractivity contribution is 5.85. The molecule has 2 aliphatic heterocycles. The van der Waals surface area contributed by atoms with E-state index in [9.17, 15) is 9.90 Å². The molecule has 28 heavy (non-hydrogen) atoms. The number of benzene rings is 2. The van der Waals surface area contributed by atoms with Crippen LogP contribution in [0.3, 0.4) is 0 Å². The van der Waals surface area contributed by atoms with E-state index in [1.165, 1.54) is 0 Å². The van der Waals surface area contributed by atoms with Gasteiger partial charge in [0.05, 0.1) is 24.7 Å². The number of fused-ring (bicyclic) bond motifs is 1. The van der Waals surface area contributed by atoms with Crippen LogP contribution in [0.4, 0.5) is 0 Å². The number of rotatable bonds is 5. The molecule has 1 fully saturated rings. The first-order chi connectivity index (χ1) is 13.6. The topological polar surface area (TPSA) is 53.0 Å². The zero-order valence-electron chi connectivity index (χ0n) is 16.3. The molecular weight excluding hydrogens is 352 g/mol. The summed E-state index contributed by atoms with van der Waals surface area (Å²) in [4.78, 5) is 17.7. The Hall–Kier alpha value is -2.37. The highest BCUT2D eigenvalue weighted by atomic mass is 16.5. The second-order valence-electron chi connectivity index (χ2n) is 7.81. The van der Waals surface area contributed by atoms with Crippen molar-refractivity contribution >= 4 is 5.91 Å². The predicted octanol–water partition coefficient (Wildman–Crippen LogP) is 2.82. The van der Waals surface area contributed by atoms with Crippen molar-refractivity contribution in [3.05, 3.63) is 65.7 Å². The number of β-amino-alcohol motifs (C(OH)–C–C–N with tert-alkyl or cyclic N) is 1. The zero-order valence-corrected chi connectivity index (χ0v) is 16.3. The highest BCUT2D eigenvalue weighted by Crippen LogP contribution is 2.36. The summed E-state index contributed by atoms with van der Waals surface area (Å²) < 4.78 is 5.74. The number of aliphatic hydroxyl groups is 1. The van der Waals surface area contributed by atoms with Crippen LogP contribution in [0.25, 0.3) is 0 Å². The summed E-state index contributed by atoms with van der Waals surface area (Å²) in [6.45, 7) is 2.84. The minimum absolute atomic E-state index is 0.0472. The predicted molar refractivity (Wildman–Crippen MR) is 108 cm³/mol. The SMILES string of the molecule is CN(C(=O)C1CCOc2ccccc21)C(CN1CCC(O)C1)c1ccccc1. The van der Waals surface area contributed by atoms with Crippen LogP contribution >= 0.6 is 0 Å². The Kier molecular flexibility index (Phi) is 5.64. The third-order valence-electron chi connectivity index (χ3n) is 5.93. The van der Waals surface area contributed by atoms with Gasteiger partial charge < -0.3 is 14.7 Å². The molecule has 0 spiro atoms. The van der Waals surface area contributed by atoms with Crippen LogP contribution in [0.2, 0.25) is 0 Å². The van der Waals surface area contributed by atoms with Gasteiger partial charge in [-0.1, -0.05) is 48.5 Å². The van der Waals surface area contributed by atoms with Crippen molar-refractivity contribution in [1.82, 2.24) is 9.80 Å². The quantitative estimate of drug-likeness (QED) is 0.867. The smallest absolute Gasteiger partial charge is 0.230 e. The van der Waals surface area contributed by atoms with E-state index < -0.39 is 0 Å². The Bertz CT molecular complexity index is 811. The third-order valence-corrected chi connectivity index (χ3v) is 5.93. The average molecular weight is 380 g/mol. The molecule has 0 bridgehead atoms. The maximum Gasteiger partial charge on any atom is 0.230 e. The Morgan fingerprint density at radius 3 is 2.68 bits per heavy atom. The summed E-state index contributed by atoms with van der Waals surface area (Å²) in [5, 5.41) is 9.91. The Morgan fingerprint density at radius 2 is 1.93 bits per heavy atom. The molecule has 2 aromatic rings. The fourth-order valence-corrected chi connectivity index (χ4v) is 4.35. The third kappa shape index (κ3) is 3.91. The maximum absolute atomic E-state index is 13.5. The van der Waals surface area contributed by atoms with E-state index in [0.29, 0.717) is 19.6 Å². The molecule has 5 heteroatoms. The molecule has 1 saturated heterocycles. The highest BCUT2D eigenvalue weighted by Gasteiger charge is 2.34. The van der Waals surface area contributed by atoms with E-state index in [-0.39, 0.29) is 24.0 Å². The fourth-order valence-electron chi connectivity index (χ4n) is 4.35. The second kappa shape index (κ2) is 8.33. The van der Waals surface area contributed by atoms with Gasteiger partial charge in [0.1, 0.15) is 5.75 Å². The van der Waals surface area contributed by atoms with Gasteiger partial charge in [-0.05, 0) is 24.5 Å². The summed E-state index contributed by atoms with van der Waals surface area (Å²) in [6, 6.07) is 18.0. The Morgan fingerprint density at radius 1 is 1.18 bits per heavy atom. The number of carbonyl (C=O) groups excluding carboxylic acids is 1. The molecule has 3 atom stereocenters. The first-order valence-corrected chi connectivity index (χ1v) is 10.1. The molecule has 1 amide bonds. The number of likely N-dealkylation sites (N-methyl/N-ethyl adjacent to an activating group) is 1. The molecule has 0 aliphatic carbocycles. The van der Waals surface area contributed by atoms with Crippen molar-refractivity contribution in [3.8, 4) is 5.75 Å². The van der Waals surface area contributed by atoms with Gasteiger partial charge in [0.2, 0.25) is 5.91 Å². The monoisotopic (exact) mass is 380 g/mol. The molecule has 0 radical (unpaired) electrons. The summed E-state index contributed by atoms with van der Waals surface area (Å²) in [7, 11) is 1.91. The summed E-state index contributed by atoms with van der Waals surface area (Å²) in [6.07, 6.45) is 1.23. The van der Waals surface area contributed by atoms with Crippen LogP contribution in [-0.4, -0.2) is 60.2 Å².